The largest absolute Gasteiger partial charge is 0.117 e. The first-order valence-electron chi connectivity index (χ1n) is 6.43. The third-order valence-electron chi connectivity index (χ3n) is 3.42. The number of benzene rings is 2. The summed E-state index contributed by atoms with van der Waals surface area (Å²) in [5.41, 5.74) is 6.26. The molecule has 0 radical (unpaired) electrons. The minimum Gasteiger partial charge on any atom is -0.117 e. The molecular formula is C17H18BrCl. The zero-order valence-corrected chi connectivity index (χ0v) is 13.8. The number of rotatable bonds is 3. The molecule has 0 heterocycles. The van der Waals surface area contributed by atoms with Crippen molar-refractivity contribution in [3.05, 3.63) is 68.7 Å². The van der Waals surface area contributed by atoms with E-state index in [-0.39, 0.29) is 5.38 Å². The summed E-state index contributed by atoms with van der Waals surface area (Å²) in [4.78, 5) is 0. The molecule has 1 atom stereocenters. The summed E-state index contributed by atoms with van der Waals surface area (Å²) in [6.07, 6.45) is 0.865. The Labute approximate surface area is 128 Å². The van der Waals surface area contributed by atoms with Crippen LogP contribution < -0.4 is 0 Å². The van der Waals surface area contributed by atoms with Crippen LogP contribution in [0, 0.1) is 20.8 Å². The van der Waals surface area contributed by atoms with Crippen molar-refractivity contribution in [3.8, 4) is 0 Å². The van der Waals surface area contributed by atoms with E-state index in [4.69, 9.17) is 11.6 Å². The molecule has 0 spiro atoms. The van der Waals surface area contributed by atoms with Crippen molar-refractivity contribution in [2.24, 2.45) is 0 Å². The van der Waals surface area contributed by atoms with Crippen LogP contribution in [0.4, 0.5) is 0 Å². The summed E-state index contributed by atoms with van der Waals surface area (Å²) in [5.74, 6) is 0. The highest BCUT2D eigenvalue weighted by atomic mass is 79.9. The Morgan fingerprint density at radius 3 is 2.26 bits per heavy atom. The van der Waals surface area contributed by atoms with Gasteiger partial charge in [-0.25, -0.2) is 0 Å². The van der Waals surface area contributed by atoms with Crippen molar-refractivity contribution in [1.29, 1.82) is 0 Å². The molecule has 19 heavy (non-hydrogen) atoms. The van der Waals surface area contributed by atoms with E-state index >= 15 is 0 Å². The first-order valence-corrected chi connectivity index (χ1v) is 7.66. The quantitative estimate of drug-likeness (QED) is 0.612. The Kier molecular flexibility index (Phi) is 4.70. The summed E-state index contributed by atoms with van der Waals surface area (Å²) >= 11 is 10.2. The minimum absolute atomic E-state index is 0.0227. The zero-order chi connectivity index (χ0) is 14.0. The molecule has 0 bridgehead atoms. The second-order valence-electron chi connectivity index (χ2n) is 5.12. The molecule has 2 rings (SSSR count). The Morgan fingerprint density at radius 2 is 1.63 bits per heavy atom. The Bertz CT molecular complexity index is 573. The van der Waals surface area contributed by atoms with Gasteiger partial charge in [-0.2, -0.15) is 0 Å². The van der Waals surface area contributed by atoms with E-state index in [1.807, 2.05) is 0 Å². The molecule has 0 aliphatic heterocycles. The number of hydrogen-bond acceptors (Lipinski definition) is 0. The molecule has 1 unspecified atom stereocenters. The maximum Gasteiger partial charge on any atom is 0.0628 e. The molecule has 0 nitrogen and oxygen atoms in total. The smallest absolute Gasteiger partial charge is 0.0628 e. The van der Waals surface area contributed by atoms with Crippen LogP contribution in [0.3, 0.4) is 0 Å². The molecule has 2 heteroatoms. The molecule has 100 valence electrons. The highest BCUT2D eigenvalue weighted by Gasteiger charge is 2.13. The van der Waals surface area contributed by atoms with Gasteiger partial charge in [-0.1, -0.05) is 51.8 Å². The first-order chi connectivity index (χ1) is 8.97. The topological polar surface area (TPSA) is 0 Å². The third-order valence-corrected chi connectivity index (χ3v) is 4.66. The van der Waals surface area contributed by atoms with E-state index in [2.05, 4.69) is 73.1 Å². The van der Waals surface area contributed by atoms with Crippen LogP contribution in [0.1, 0.15) is 33.2 Å². The molecule has 0 N–H and O–H groups in total. The standard InChI is InChI=1S/C17H18BrCl/c1-11-4-6-14(7-5-11)10-17(19)15-8-13(3)16(18)9-12(15)2/h4-9,17H,10H2,1-3H3. The summed E-state index contributed by atoms with van der Waals surface area (Å²) in [6.45, 7) is 6.32. The summed E-state index contributed by atoms with van der Waals surface area (Å²) < 4.78 is 1.15. The Balaban J connectivity index is 2.22. The van der Waals surface area contributed by atoms with Gasteiger partial charge in [0.2, 0.25) is 0 Å². The molecule has 0 amide bonds. The van der Waals surface area contributed by atoms with Crippen molar-refractivity contribution in [2.45, 2.75) is 32.6 Å². The van der Waals surface area contributed by atoms with Gasteiger partial charge in [0.1, 0.15) is 0 Å². The monoisotopic (exact) mass is 336 g/mol. The lowest BCUT2D eigenvalue weighted by Gasteiger charge is -2.15. The van der Waals surface area contributed by atoms with E-state index in [0.29, 0.717) is 0 Å². The van der Waals surface area contributed by atoms with E-state index in [0.717, 1.165) is 10.9 Å². The van der Waals surface area contributed by atoms with E-state index < -0.39 is 0 Å². The van der Waals surface area contributed by atoms with Gasteiger partial charge in [0.15, 0.2) is 0 Å². The van der Waals surface area contributed by atoms with E-state index in [9.17, 15) is 0 Å². The van der Waals surface area contributed by atoms with Gasteiger partial charge < -0.3 is 0 Å². The van der Waals surface area contributed by atoms with Crippen LogP contribution in [-0.2, 0) is 6.42 Å². The maximum absolute atomic E-state index is 6.59. The SMILES string of the molecule is Cc1ccc(CC(Cl)c2cc(C)c(Br)cc2C)cc1. The van der Waals surface area contributed by atoms with Crippen molar-refractivity contribution >= 4 is 27.5 Å². The Morgan fingerprint density at radius 1 is 1.00 bits per heavy atom. The second kappa shape index (κ2) is 6.11. The molecule has 0 saturated carbocycles. The van der Waals surface area contributed by atoms with Crippen LogP contribution in [0.25, 0.3) is 0 Å². The van der Waals surface area contributed by atoms with Crippen molar-refractivity contribution in [2.75, 3.05) is 0 Å². The van der Waals surface area contributed by atoms with Crippen molar-refractivity contribution in [3.63, 3.8) is 0 Å². The first kappa shape index (κ1) is 14.6. The van der Waals surface area contributed by atoms with Gasteiger partial charge in [-0.15, -0.1) is 11.6 Å². The lowest BCUT2D eigenvalue weighted by Crippen LogP contribution is -1.99. The fourth-order valence-corrected chi connectivity index (χ4v) is 3.05. The van der Waals surface area contributed by atoms with Crippen LogP contribution >= 0.6 is 27.5 Å². The highest BCUT2D eigenvalue weighted by Crippen LogP contribution is 2.31. The molecule has 2 aromatic rings. The van der Waals surface area contributed by atoms with E-state index in [1.165, 1.54) is 27.8 Å². The fourth-order valence-electron chi connectivity index (χ4n) is 2.18. The molecule has 0 fully saturated rings. The summed E-state index contributed by atoms with van der Waals surface area (Å²) in [6, 6.07) is 12.9. The molecule has 0 aliphatic carbocycles. The fraction of sp³-hybridized carbons (Fsp3) is 0.294. The molecule has 0 aromatic heterocycles. The van der Waals surface area contributed by atoms with Gasteiger partial charge in [0, 0.05) is 4.47 Å². The number of aryl methyl sites for hydroxylation is 3. The lowest BCUT2D eigenvalue weighted by atomic mass is 9.98. The third kappa shape index (κ3) is 3.61. The molecule has 2 aromatic carbocycles. The van der Waals surface area contributed by atoms with Gasteiger partial charge in [-0.3, -0.25) is 0 Å². The predicted octanol–water partition coefficient (Wildman–Crippen LogP) is 5.90. The second-order valence-corrected chi connectivity index (χ2v) is 6.50. The summed E-state index contributed by atoms with van der Waals surface area (Å²) in [5, 5.41) is 0.0227. The predicted molar refractivity (Wildman–Crippen MR) is 87.1 cm³/mol. The highest BCUT2D eigenvalue weighted by molar-refractivity contribution is 9.10. The van der Waals surface area contributed by atoms with Crippen LogP contribution in [0.15, 0.2) is 40.9 Å². The van der Waals surface area contributed by atoms with Gasteiger partial charge in [0.05, 0.1) is 5.38 Å². The number of hydrogen-bond donors (Lipinski definition) is 0. The van der Waals surface area contributed by atoms with Crippen molar-refractivity contribution in [1.82, 2.24) is 0 Å². The average molecular weight is 338 g/mol. The maximum atomic E-state index is 6.59. The normalized spacial score (nSPS) is 12.5. The Hall–Kier alpha value is -0.790. The molecule has 0 saturated heterocycles. The van der Waals surface area contributed by atoms with Crippen molar-refractivity contribution < 1.29 is 0 Å². The van der Waals surface area contributed by atoms with Crippen LogP contribution in [0.2, 0.25) is 0 Å². The lowest BCUT2D eigenvalue weighted by molar-refractivity contribution is 0.906. The van der Waals surface area contributed by atoms with E-state index in [1.54, 1.807) is 0 Å². The van der Waals surface area contributed by atoms with Crippen LogP contribution in [0.5, 0.6) is 0 Å². The van der Waals surface area contributed by atoms with Crippen LogP contribution in [-0.4, -0.2) is 0 Å². The van der Waals surface area contributed by atoms with Gasteiger partial charge in [0.25, 0.3) is 0 Å². The molecule has 0 aliphatic rings. The van der Waals surface area contributed by atoms with Gasteiger partial charge >= 0.3 is 0 Å². The average Bonchev–Trinajstić information content (AvgIpc) is 2.36. The zero-order valence-electron chi connectivity index (χ0n) is 11.5. The number of halogens is 2. The minimum atomic E-state index is 0.0227. The summed E-state index contributed by atoms with van der Waals surface area (Å²) in [7, 11) is 0. The van der Waals surface area contributed by atoms with Gasteiger partial charge in [-0.05, 0) is 55.5 Å². The number of alkyl halides is 1. The molecular weight excluding hydrogens is 320 g/mol.